The molecule has 0 aliphatic heterocycles. The van der Waals surface area contributed by atoms with E-state index < -0.39 is 0 Å². The van der Waals surface area contributed by atoms with Crippen molar-refractivity contribution in [2.24, 2.45) is 0 Å². The van der Waals surface area contributed by atoms with Gasteiger partial charge in [-0.2, -0.15) is 0 Å². The molecule has 0 atom stereocenters. The van der Waals surface area contributed by atoms with Crippen molar-refractivity contribution in [1.29, 1.82) is 0 Å². The molecule has 0 unspecified atom stereocenters. The van der Waals surface area contributed by atoms with Crippen LogP contribution in [-0.4, -0.2) is 24.7 Å². The van der Waals surface area contributed by atoms with E-state index in [2.05, 4.69) is 27.9 Å². The summed E-state index contributed by atoms with van der Waals surface area (Å²) < 4.78 is 6.60. The highest BCUT2D eigenvalue weighted by Gasteiger charge is 2.30. The maximum atomic E-state index is 11.9. The minimum Gasteiger partial charge on any atom is -0.378 e. The van der Waals surface area contributed by atoms with Crippen molar-refractivity contribution < 1.29 is 9.53 Å². The van der Waals surface area contributed by atoms with Crippen LogP contribution in [0.4, 0.5) is 0 Å². The molecule has 1 fully saturated rings. The second kappa shape index (κ2) is 5.82. The molecule has 0 saturated heterocycles. The molecule has 2 rings (SSSR count). The Hall–Kier alpha value is -0.620. The number of benzene rings is 1. The molecule has 0 spiro atoms. The van der Waals surface area contributed by atoms with Crippen LogP contribution in [0.5, 0.6) is 0 Å². The maximum absolute atomic E-state index is 11.9. The first-order valence-electron chi connectivity index (χ1n) is 5.87. The van der Waals surface area contributed by atoms with Gasteiger partial charge in [-0.1, -0.05) is 0 Å². The van der Waals surface area contributed by atoms with E-state index in [9.17, 15) is 4.79 Å². The Morgan fingerprint density at radius 2 is 2.06 bits per heavy atom. The molecular weight excluding hydrogens is 329 g/mol. The van der Waals surface area contributed by atoms with E-state index in [4.69, 9.17) is 4.74 Å². The molecule has 0 bridgehead atoms. The lowest BCUT2D eigenvalue weighted by atomic mass is 9.89. The van der Waals surface area contributed by atoms with Gasteiger partial charge in [-0.05, 0) is 66.6 Å². The summed E-state index contributed by atoms with van der Waals surface area (Å²) in [6.07, 6.45) is 2.20. The van der Waals surface area contributed by atoms with Crippen molar-refractivity contribution in [3.05, 3.63) is 33.4 Å². The number of carbonyl (C=O) groups is 1. The van der Waals surface area contributed by atoms with E-state index in [1.807, 2.05) is 31.2 Å². The third kappa shape index (κ3) is 3.42. The van der Waals surface area contributed by atoms with Crippen LogP contribution in [0.3, 0.4) is 0 Å². The molecule has 1 N–H and O–H groups in total. The molecule has 1 aliphatic carbocycles. The normalized spacial score (nSPS) is 22.9. The van der Waals surface area contributed by atoms with Crippen LogP contribution in [0.15, 0.2) is 24.3 Å². The Bertz CT molecular complexity index is 385. The summed E-state index contributed by atoms with van der Waals surface area (Å²) in [5.74, 6) is 0.0151. The molecule has 0 aromatic heterocycles. The van der Waals surface area contributed by atoms with E-state index in [0.29, 0.717) is 6.10 Å². The van der Waals surface area contributed by atoms with Crippen molar-refractivity contribution in [3.63, 3.8) is 0 Å². The lowest BCUT2D eigenvalue weighted by Gasteiger charge is -2.35. The number of ether oxygens (including phenoxy) is 1. The fourth-order valence-electron chi connectivity index (χ4n) is 1.93. The van der Waals surface area contributed by atoms with E-state index >= 15 is 0 Å². The first kappa shape index (κ1) is 12.8. The number of hydrogen-bond acceptors (Lipinski definition) is 2. The number of rotatable bonds is 4. The topological polar surface area (TPSA) is 38.3 Å². The molecule has 1 amide bonds. The molecule has 3 nitrogen and oxygen atoms in total. The molecule has 1 aromatic rings. The SMILES string of the molecule is CCOC1CC(NC(=O)c2ccc(I)cc2)C1. The molecular formula is C13H16INO2. The minimum atomic E-state index is 0.0151. The first-order chi connectivity index (χ1) is 8.19. The Kier molecular flexibility index (Phi) is 4.39. The fourth-order valence-corrected chi connectivity index (χ4v) is 2.28. The van der Waals surface area contributed by atoms with Crippen LogP contribution in [0.1, 0.15) is 30.1 Å². The zero-order valence-electron chi connectivity index (χ0n) is 9.78. The number of hydrogen-bond donors (Lipinski definition) is 1. The van der Waals surface area contributed by atoms with Gasteiger partial charge in [0.25, 0.3) is 5.91 Å². The van der Waals surface area contributed by atoms with Gasteiger partial charge in [0.1, 0.15) is 0 Å². The van der Waals surface area contributed by atoms with Gasteiger partial charge in [-0.3, -0.25) is 4.79 Å². The molecule has 0 radical (unpaired) electrons. The Morgan fingerprint density at radius 3 is 2.65 bits per heavy atom. The zero-order valence-corrected chi connectivity index (χ0v) is 11.9. The largest absolute Gasteiger partial charge is 0.378 e. The molecule has 0 heterocycles. The first-order valence-corrected chi connectivity index (χ1v) is 6.95. The standard InChI is InChI=1S/C13H16INO2/c1-2-17-12-7-11(8-12)15-13(16)9-3-5-10(14)6-4-9/h3-6,11-12H,2,7-8H2,1H3,(H,15,16). The van der Waals surface area contributed by atoms with E-state index in [0.717, 1.165) is 28.6 Å². The quantitative estimate of drug-likeness (QED) is 0.852. The Morgan fingerprint density at radius 1 is 1.41 bits per heavy atom. The van der Waals surface area contributed by atoms with Crippen LogP contribution >= 0.6 is 22.6 Å². The molecule has 17 heavy (non-hydrogen) atoms. The van der Waals surface area contributed by atoms with Crippen LogP contribution < -0.4 is 5.32 Å². The van der Waals surface area contributed by atoms with Crippen LogP contribution in [0.2, 0.25) is 0 Å². The Balaban J connectivity index is 1.81. The molecule has 4 heteroatoms. The molecule has 92 valence electrons. The highest BCUT2D eigenvalue weighted by atomic mass is 127. The summed E-state index contributed by atoms with van der Waals surface area (Å²) in [5, 5.41) is 3.02. The van der Waals surface area contributed by atoms with Crippen LogP contribution in [0.25, 0.3) is 0 Å². The average Bonchev–Trinajstić information content (AvgIpc) is 2.27. The second-order valence-electron chi connectivity index (χ2n) is 4.23. The van der Waals surface area contributed by atoms with Crippen LogP contribution in [-0.2, 0) is 4.74 Å². The highest BCUT2D eigenvalue weighted by molar-refractivity contribution is 14.1. The second-order valence-corrected chi connectivity index (χ2v) is 5.47. The zero-order chi connectivity index (χ0) is 12.3. The lowest BCUT2D eigenvalue weighted by molar-refractivity contribution is -0.00862. The summed E-state index contributed by atoms with van der Waals surface area (Å²) in [6, 6.07) is 7.88. The molecule has 1 aliphatic rings. The van der Waals surface area contributed by atoms with Crippen molar-refractivity contribution in [2.45, 2.75) is 31.9 Å². The number of carbonyl (C=O) groups excluding carboxylic acids is 1. The van der Waals surface area contributed by atoms with E-state index in [-0.39, 0.29) is 11.9 Å². The summed E-state index contributed by atoms with van der Waals surface area (Å²) in [7, 11) is 0. The molecule has 1 saturated carbocycles. The summed E-state index contributed by atoms with van der Waals surface area (Å²) in [5.41, 5.74) is 0.727. The van der Waals surface area contributed by atoms with Gasteiger partial charge in [0.2, 0.25) is 0 Å². The predicted octanol–water partition coefficient (Wildman–Crippen LogP) is 2.59. The van der Waals surface area contributed by atoms with Gasteiger partial charge in [-0.15, -0.1) is 0 Å². The number of nitrogens with one attached hydrogen (secondary N) is 1. The van der Waals surface area contributed by atoms with Crippen molar-refractivity contribution in [1.82, 2.24) is 5.32 Å². The van der Waals surface area contributed by atoms with Gasteiger partial charge >= 0.3 is 0 Å². The predicted molar refractivity (Wildman–Crippen MR) is 75.1 cm³/mol. The lowest BCUT2D eigenvalue weighted by Crippen LogP contribution is -2.47. The summed E-state index contributed by atoms with van der Waals surface area (Å²) in [6.45, 7) is 2.75. The number of halogens is 1. The smallest absolute Gasteiger partial charge is 0.251 e. The van der Waals surface area contributed by atoms with Gasteiger partial charge in [0.15, 0.2) is 0 Å². The van der Waals surface area contributed by atoms with E-state index in [1.54, 1.807) is 0 Å². The van der Waals surface area contributed by atoms with Gasteiger partial charge in [0.05, 0.1) is 6.10 Å². The van der Waals surface area contributed by atoms with Crippen molar-refractivity contribution in [3.8, 4) is 0 Å². The Labute approximate surface area is 115 Å². The highest BCUT2D eigenvalue weighted by Crippen LogP contribution is 2.23. The summed E-state index contributed by atoms with van der Waals surface area (Å²) in [4.78, 5) is 11.9. The van der Waals surface area contributed by atoms with E-state index in [1.165, 1.54) is 0 Å². The summed E-state index contributed by atoms with van der Waals surface area (Å²) >= 11 is 2.23. The average molecular weight is 345 g/mol. The maximum Gasteiger partial charge on any atom is 0.251 e. The molecule has 1 aromatic carbocycles. The van der Waals surface area contributed by atoms with Gasteiger partial charge < -0.3 is 10.1 Å². The monoisotopic (exact) mass is 345 g/mol. The van der Waals surface area contributed by atoms with Crippen molar-refractivity contribution in [2.75, 3.05) is 6.61 Å². The van der Waals surface area contributed by atoms with Gasteiger partial charge in [0, 0.05) is 21.8 Å². The fraction of sp³-hybridized carbons (Fsp3) is 0.462. The van der Waals surface area contributed by atoms with Crippen molar-refractivity contribution >= 4 is 28.5 Å². The number of amides is 1. The minimum absolute atomic E-state index is 0.0151. The third-order valence-electron chi connectivity index (χ3n) is 2.94. The van der Waals surface area contributed by atoms with Crippen LogP contribution in [0, 0.1) is 3.57 Å². The third-order valence-corrected chi connectivity index (χ3v) is 3.66. The van der Waals surface area contributed by atoms with Gasteiger partial charge in [-0.25, -0.2) is 0 Å².